The second-order valence-corrected chi connectivity index (χ2v) is 9.68. The molecule has 0 aliphatic carbocycles. The number of carbonyl (C=O) groups excluding carboxylic acids is 2. The summed E-state index contributed by atoms with van der Waals surface area (Å²) in [5.74, 6) is 0.272. The number of nitrogens with zero attached hydrogens (tertiary/aromatic N) is 3. The summed E-state index contributed by atoms with van der Waals surface area (Å²) in [7, 11) is -4.00. The van der Waals surface area contributed by atoms with Crippen LogP contribution < -0.4 is 9.04 Å². The molecule has 1 aliphatic rings. The van der Waals surface area contributed by atoms with Gasteiger partial charge in [0, 0.05) is 26.2 Å². The molecule has 0 N–H and O–H groups in total. The first-order valence-electron chi connectivity index (χ1n) is 11.3. The molecule has 1 saturated heterocycles. The summed E-state index contributed by atoms with van der Waals surface area (Å²) < 4.78 is 38.7. The highest BCUT2D eigenvalue weighted by Crippen LogP contribution is 2.26. The van der Waals surface area contributed by atoms with Gasteiger partial charge in [0.1, 0.15) is 12.3 Å². The number of carbonyl (C=O) groups is 2. The maximum Gasteiger partial charge on any atom is 0.409 e. The van der Waals surface area contributed by atoms with E-state index in [0.717, 1.165) is 9.87 Å². The Labute approximate surface area is 200 Å². The summed E-state index contributed by atoms with van der Waals surface area (Å²) in [6.07, 6.45) is -0.410. The van der Waals surface area contributed by atoms with Crippen LogP contribution in [0.25, 0.3) is 0 Å². The van der Waals surface area contributed by atoms with Crippen LogP contribution in [-0.2, 0) is 19.6 Å². The Balaban J connectivity index is 1.82. The fourth-order valence-corrected chi connectivity index (χ4v) is 5.02. The molecule has 0 bridgehead atoms. The SMILES string of the molecule is CCOC(=O)N1CCN(C(=O)CN(c2ccc(OCC)cc2)S(=O)(=O)c2ccc(C)cc2)CC1. The van der Waals surface area contributed by atoms with Gasteiger partial charge in [-0.25, -0.2) is 13.2 Å². The lowest BCUT2D eigenvalue weighted by atomic mass is 10.2. The molecule has 1 aliphatic heterocycles. The molecule has 0 spiro atoms. The van der Waals surface area contributed by atoms with E-state index in [0.29, 0.717) is 44.2 Å². The Morgan fingerprint density at radius 2 is 1.47 bits per heavy atom. The second-order valence-electron chi connectivity index (χ2n) is 7.82. The highest BCUT2D eigenvalue weighted by Gasteiger charge is 2.31. The van der Waals surface area contributed by atoms with Crippen molar-refractivity contribution in [1.82, 2.24) is 9.80 Å². The molecule has 3 rings (SSSR count). The van der Waals surface area contributed by atoms with Crippen molar-refractivity contribution in [3.63, 3.8) is 0 Å². The van der Waals surface area contributed by atoms with Gasteiger partial charge in [-0.05, 0) is 57.2 Å². The first kappa shape index (κ1) is 25.4. The minimum absolute atomic E-state index is 0.104. The summed E-state index contributed by atoms with van der Waals surface area (Å²) in [6.45, 7) is 7.16. The summed E-state index contributed by atoms with van der Waals surface area (Å²) in [6, 6.07) is 13.1. The van der Waals surface area contributed by atoms with Gasteiger partial charge < -0.3 is 19.3 Å². The monoisotopic (exact) mass is 489 g/mol. The van der Waals surface area contributed by atoms with Gasteiger partial charge in [0.25, 0.3) is 10.0 Å². The topological polar surface area (TPSA) is 96.5 Å². The summed E-state index contributed by atoms with van der Waals surface area (Å²) >= 11 is 0. The van der Waals surface area contributed by atoms with E-state index in [4.69, 9.17) is 9.47 Å². The fourth-order valence-electron chi connectivity index (χ4n) is 3.60. The predicted molar refractivity (Wildman–Crippen MR) is 128 cm³/mol. The van der Waals surface area contributed by atoms with Crippen LogP contribution in [0.1, 0.15) is 19.4 Å². The molecule has 10 heteroatoms. The lowest BCUT2D eigenvalue weighted by Gasteiger charge is -2.35. The van der Waals surface area contributed by atoms with E-state index in [1.807, 2.05) is 13.8 Å². The highest BCUT2D eigenvalue weighted by atomic mass is 32.2. The molecule has 0 aromatic heterocycles. The molecule has 1 heterocycles. The van der Waals surface area contributed by atoms with Crippen molar-refractivity contribution < 1.29 is 27.5 Å². The summed E-state index contributed by atoms with van der Waals surface area (Å²) in [5.41, 5.74) is 1.30. The lowest BCUT2D eigenvalue weighted by molar-refractivity contribution is -0.131. The van der Waals surface area contributed by atoms with Gasteiger partial charge in [0.15, 0.2) is 0 Å². The zero-order valence-electron chi connectivity index (χ0n) is 19.8. The Bertz CT molecular complexity index is 1080. The molecule has 2 amide bonds. The molecule has 9 nitrogen and oxygen atoms in total. The number of piperazine rings is 1. The number of aryl methyl sites for hydroxylation is 1. The number of hydrogen-bond donors (Lipinski definition) is 0. The largest absolute Gasteiger partial charge is 0.494 e. The van der Waals surface area contributed by atoms with Gasteiger partial charge >= 0.3 is 6.09 Å². The van der Waals surface area contributed by atoms with Crippen molar-refractivity contribution in [2.45, 2.75) is 25.7 Å². The van der Waals surface area contributed by atoms with Crippen LogP contribution in [0.3, 0.4) is 0 Å². The Morgan fingerprint density at radius 1 is 0.882 bits per heavy atom. The van der Waals surface area contributed by atoms with Crippen molar-refractivity contribution >= 4 is 27.7 Å². The zero-order chi connectivity index (χ0) is 24.7. The van der Waals surface area contributed by atoms with Crippen LogP contribution in [0.5, 0.6) is 5.75 Å². The van der Waals surface area contributed by atoms with Crippen LogP contribution >= 0.6 is 0 Å². The number of ether oxygens (including phenoxy) is 2. The number of rotatable bonds is 8. The number of hydrogen-bond acceptors (Lipinski definition) is 6. The lowest BCUT2D eigenvalue weighted by Crippen LogP contribution is -2.53. The predicted octanol–water partition coefficient (Wildman–Crippen LogP) is 2.89. The van der Waals surface area contributed by atoms with E-state index in [1.54, 1.807) is 53.1 Å². The van der Waals surface area contributed by atoms with Crippen molar-refractivity contribution in [2.24, 2.45) is 0 Å². The third-order valence-corrected chi connectivity index (χ3v) is 7.27. The van der Waals surface area contributed by atoms with E-state index in [1.165, 1.54) is 12.1 Å². The van der Waals surface area contributed by atoms with Gasteiger partial charge in [-0.15, -0.1) is 0 Å². The Kier molecular flexibility index (Phi) is 8.38. The van der Waals surface area contributed by atoms with E-state index in [9.17, 15) is 18.0 Å². The van der Waals surface area contributed by atoms with Crippen molar-refractivity contribution in [3.05, 3.63) is 54.1 Å². The van der Waals surface area contributed by atoms with Gasteiger partial charge in [-0.1, -0.05) is 17.7 Å². The maximum absolute atomic E-state index is 13.5. The number of sulfonamides is 1. The minimum atomic E-state index is -4.00. The zero-order valence-corrected chi connectivity index (χ0v) is 20.6. The average Bonchev–Trinajstić information content (AvgIpc) is 2.83. The Hall–Kier alpha value is -3.27. The van der Waals surface area contributed by atoms with E-state index in [-0.39, 0.29) is 24.0 Å². The molecule has 0 atom stereocenters. The highest BCUT2D eigenvalue weighted by molar-refractivity contribution is 7.92. The summed E-state index contributed by atoms with van der Waals surface area (Å²) in [5, 5.41) is 0. The van der Waals surface area contributed by atoms with Crippen LogP contribution in [0.15, 0.2) is 53.4 Å². The van der Waals surface area contributed by atoms with E-state index in [2.05, 4.69) is 0 Å². The van der Waals surface area contributed by atoms with Gasteiger partial charge in [-0.3, -0.25) is 9.10 Å². The van der Waals surface area contributed by atoms with Gasteiger partial charge in [0.2, 0.25) is 5.91 Å². The average molecular weight is 490 g/mol. The van der Waals surface area contributed by atoms with Crippen LogP contribution in [0.4, 0.5) is 10.5 Å². The third-order valence-electron chi connectivity index (χ3n) is 5.48. The normalized spacial score (nSPS) is 14.0. The third kappa shape index (κ3) is 5.99. The first-order valence-corrected chi connectivity index (χ1v) is 12.7. The number of amides is 2. The van der Waals surface area contributed by atoms with Crippen LogP contribution in [0, 0.1) is 6.92 Å². The standard InChI is InChI=1S/C24H31N3O6S/c1-4-32-21-10-8-20(9-11-21)27(34(30,31)22-12-6-19(3)7-13-22)18-23(28)25-14-16-26(17-15-25)24(29)33-5-2/h6-13H,4-5,14-18H2,1-3H3. The Morgan fingerprint density at radius 3 is 2.03 bits per heavy atom. The molecule has 1 fully saturated rings. The van der Waals surface area contributed by atoms with Crippen LogP contribution in [0.2, 0.25) is 0 Å². The summed E-state index contributed by atoms with van der Waals surface area (Å²) in [4.78, 5) is 28.3. The van der Waals surface area contributed by atoms with Gasteiger partial charge in [0.05, 0.1) is 23.8 Å². The molecular formula is C24H31N3O6S. The fraction of sp³-hybridized carbons (Fsp3) is 0.417. The molecular weight excluding hydrogens is 458 g/mol. The van der Waals surface area contributed by atoms with E-state index >= 15 is 0 Å². The first-order chi connectivity index (χ1) is 16.3. The van der Waals surface area contributed by atoms with Crippen molar-refractivity contribution in [2.75, 3.05) is 50.2 Å². The van der Waals surface area contributed by atoms with Crippen molar-refractivity contribution in [3.8, 4) is 5.75 Å². The smallest absolute Gasteiger partial charge is 0.409 e. The molecule has 34 heavy (non-hydrogen) atoms. The van der Waals surface area contributed by atoms with Crippen LogP contribution in [-0.4, -0.2) is 76.2 Å². The second kappa shape index (κ2) is 11.2. The maximum atomic E-state index is 13.5. The molecule has 2 aromatic rings. The molecule has 0 saturated carbocycles. The van der Waals surface area contributed by atoms with E-state index < -0.39 is 16.1 Å². The van der Waals surface area contributed by atoms with Gasteiger partial charge in [-0.2, -0.15) is 0 Å². The molecule has 2 aromatic carbocycles. The molecule has 0 unspecified atom stereocenters. The number of benzene rings is 2. The molecule has 184 valence electrons. The van der Waals surface area contributed by atoms with Crippen molar-refractivity contribution in [1.29, 1.82) is 0 Å². The minimum Gasteiger partial charge on any atom is -0.494 e. The molecule has 0 radical (unpaired) electrons. The number of anilines is 1. The quantitative estimate of drug-likeness (QED) is 0.566.